The first-order valence-corrected chi connectivity index (χ1v) is 8.29. The van der Waals surface area contributed by atoms with Crippen LogP contribution in [0.2, 0.25) is 18.1 Å². The average Bonchev–Trinajstić information content (AvgIpc) is 2.46. The zero-order chi connectivity index (χ0) is 11.7. The molecular weight excluding hydrogens is 208 g/mol. The molecular formula is C11H22O3Si. The summed E-state index contributed by atoms with van der Waals surface area (Å²) in [4.78, 5) is 0. The molecule has 4 heteroatoms. The molecule has 1 N–H and O–H groups in total. The SMILES string of the molecule is CC(C)(C)[Si](C)(C)OC[C@@H]1OC=C[C@@H]1O. The second-order valence-electron chi connectivity index (χ2n) is 5.56. The van der Waals surface area contributed by atoms with Crippen molar-refractivity contribution in [2.45, 2.75) is 51.1 Å². The van der Waals surface area contributed by atoms with Crippen LogP contribution in [0.1, 0.15) is 20.8 Å². The molecule has 0 radical (unpaired) electrons. The quantitative estimate of drug-likeness (QED) is 0.756. The van der Waals surface area contributed by atoms with Crippen LogP contribution >= 0.6 is 0 Å². The molecule has 1 rings (SSSR count). The van der Waals surface area contributed by atoms with Crippen LogP contribution in [-0.2, 0) is 9.16 Å². The lowest BCUT2D eigenvalue weighted by Crippen LogP contribution is -2.43. The summed E-state index contributed by atoms with van der Waals surface area (Å²) in [6, 6.07) is 0. The van der Waals surface area contributed by atoms with Crippen molar-refractivity contribution in [1.29, 1.82) is 0 Å². The topological polar surface area (TPSA) is 38.7 Å². The summed E-state index contributed by atoms with van der Waals surface area (Å²) in [6.07, 6.45) is 2.46. The van der Waals surface area contributed by atoms with Gasteiger partial charge in [-0.25, -0.2) is 0 Å². The van der Waals surface area contributed by atoms with E-state index in [0.29, 0.717) is 6.61 Å². The summed E-state index contributed by atoms with van der Waals surface area (Å²) < 4.78 is 11.2. The molecule has 88 valence electrons. The van der Waals surface area contributed by atoms with E-state index in [1.807, 2.05) is 0 Å². The minimum atomic E-state index is -1.72. The van der Waals surface area contributed by atoms with Gasteiger partial charge in [-0.15, -0.1) is 0 Å². The van der Waals surface area contributed by atoms with Gasteiger partial charge in [0.1, 0.15) is 12.2 Å². The lowest BCUT2D eigenvalue weighted by molar-refractivity contribution is 0.0253. The van der Waals surface area contributed by atoms with Crippen LogP contribution in [-0.4, -0.2) is 32.2 Å². The maximum atomic E-state index is 9.51. The van der Waals surface area contributed by atoms with Gasteiger partial charge in [0.15, 0.2) is 8.32 Å². The average molecular weight is 230 g/mol. The van der Waals surface area contributed by atoms with Crippen LogP contribution in [0.3, 0.4) is 0 Å². The fourth-order valence-corrected chi connectivity index (χ4v) is 2.09. The Labute approximate surface area is 93.2 Å². The molecule has 0 bridgehead atoms. The van der Waals surface area contributed by atoms with Crippen LogP contribution in [0.4, 0.5) is 0 Å². The zero-order valence-corrected chi connectivity index (χ0v) is 11.3. The third kappa shape index (κ3) is 3.06. The number of hydrogen-bond donors (Lipinski definition) is 1. The van der Waals surface area contributed by atoms with E-state index in [0.717, 1.165) is 0 Å². The normalized spacial score (nSPS) is 26.8. The molecule has 0 saturated heterocycles. The maximum absolute atomic E-state index is 9.51. The highest BCUT2D eigenvalue weighted by Gasteiger charge is 2.38. The third-order valence-corrected chi connectivity index (χ3v) is 7.83. The van der Waals surface area contributed by atoms with E-state index in [2.05, 4.69) is 33.9 Å². The van der Waals surface area contributed by atoms with Crippen molar-refractivity contribution < 1.29 is 14.3 Å². The highest BCUT2D eigenvalue weighted by atomic mass is 28.4. The summed E-state index contributed by atoms with van der Waals surface area (Å²) in [5.41, 5.74) is 0. The molecule has 1 heterocycles. The van der Waals surface area contributed by atoms with Crippen molar-refractivity contribution in [2.24, 2.45) is 0 Å². The van der Waals surface area contributed by atoms with Crippen molar-refractivity contribution in [2.75, 3.05) is 6.61 Å². The Hall–Kier alpha value is -0.323. The van der Waals surface area contributed by atoms with Crippen molar-refractivity contribution in [3.8, 4) is 0 Å². The highest BCUT2D eigenvalue weighted by Crippen LogP contribution is 2.36. The van der Waals surface area contributed by atoms with Gasteiger partial charge in [-0.2, -0.15) is 0 Å². The van der Waals surface area contributed by atoms with Gasteiger partial charge in [0.25, 0.3) is 0 Å². The minimum absolute atomic E-state index is 0.198. The third-order valence-electron chi connectivity index (χ3n) is 3.32. The molecule has 0 saturated carbocycles. The van der Waals surface area contributed by atoms with E-state index in [-0.39, 0.29) is 11.1 Å². The van der Waals surface area contributed by atoms with Crippen molar-refractivity contribution >= 4 is 8.32 Å². The number of aliphatic hydroxyl groups is 1. The molecule has 0 aromatic carbocycles. The van der Waals surface area contributed by atoms with Crippen LogP contribution < -0.4 is 0 Å². The lowest BCUT2D eigenvalue weighted by atomic mass is 10.2. The standard InChI is InChI=1S/C11H22O3Si/c1-11(2,3)15(4,5)14-8-10-9(12)6-7-13-10/h6-7,9-10,12H,8H2,1-5H3/t9-,10-/m0/s1. The summed E-state index contributed by atoms with van der Waals surface area (Å²) in [5.74, 6) is 0. The van der Waals surface area contributed by atoms with E-state index in [1.54, 1.807) is 12.3 Å². The van der Waals surface area contributed by atoms with E-state index in [4.69, 9.17) is 9.16 Å². The van der Waals surface area contributed by atoms with Gasteiger partial charge in [-0.3, -0.25) is 0 Å². The molecule has 15 heavy (non-hydrogen) atoms. The van der Waals surface area contributed by atoms with Crippen molar-refractivity contribution in [1.82, 2.24) is 0 Å². The monoisotopic (exact) mass is 230 g/mol. The summed E-state index contributed by atoms with van der Waals surface area (Å²) >= 11 is 0. The molecule has 0 unspecified atom stereocenters. The number of hydrogen-bond acceptors (Lipinski definition) is 3. The Bertz CT molecular complexity index is 243. The van der Waals surface area contributed by atoms with Gasteiger partial charge in [0, 0.05) is 0 Å². The molecule has 1 aliphatic heterocycles. The predicted octanol–water partition coefficient (Wildman–Crippen LogP) is 2.28. The molecule has 0 aromatic rings. The zero-order valence-electron chi connectivity index (χ0n) is 10.3. The van der Waals surface area contributed by atoms with Crippen molar-refractivity contribution in [3.63, 3.8) is 0 Å². The number of aliphatic hydroxyl groups excluding tert-OH is 1. The van der Waals surface area contributed by atoms with Crippen LogP contribution in [0, 0.1) is 0 Å². The molecule has 0 aliphatic carbocycles. The Morgan fingerprint density at radius 2 is 2.00 bits per heavy atom. The van der Waals surface area contributed by atoms with E-state index in [9.17, 15) is 5.11 Å². The molecule has 0 amide bonds. The first kappa shape index (κ1) is 12.7. The molecule has 2 atom stereocenters. The Morgan fingerprint density at radius 1 is 1.40 bits per heavy atom. The van der Waals surface area contributed by atoms with E-state index in [1.165, 1.54) is 0 Å². The summed E-state index contributed by atoms with van der Waals surface area (Å²) in [7, 11) is -1.72. The Balaban J connectivity index is 2.43. The molecule has 0 aromatic heterocycles. The van der Waals surface area contributed by atoms with Gasteiger partial charge < -0.3 is 14.3 Å². The van der Waals surface area contributed by atoms with Crippen LogP contribution in [0.5, 0.6) is 0 Å². The lowest BCUT2D eigenvalue weighted by Gasteiger charge is -2.37. The minimum Gasteiger partial charge on any atom is -0.493 e. The highest BCUT2D eigenvalue weighted by molar-refractivity contribution is 6.74. The van der Waals surface area contributed by atoms with Crippen LogP contribution in [0.15, 0.2) is 12.3 Å². The first-order chi connectivity index (χ1) is 6.74. The van der Waals surface area contributed by atoms with Gasteiger partial charge in [0.05, 0.1) is 12.9 Å². The molecule has 0 fully saturated rings. The second kappa shape index (κ2) is 4.27. The molecule has 0 spiro atoms. The van der Waals surface area contributed by atoms with Crippen LogP contribution in [0.25, 0.3) is 0 Å². The van der Waals surface area contributed by atoms with Gasteiger partial charge in [-0.1, -0.05) is 20.8 Å². The maximum Gasteiger partial charge on any atom is 0.192 e. The largest absolute Gasteiger partial charge is 0.493 e. The Morgan fingerprint density at radius 3 is 2.40 bits per heavy atom. The van der Waals surface area contributed by atoms with E-state index < -0.39 is 14.4 Å². The predicted molar refractivity (Wildman–Crippen MR) is 63.2 cm³/mol. The van der Waals surface area contributed by atoms with Gasteiger partial charge in [-0.05, 0) is 24.2 Å². The Kier molecular flexibility index (Phi) is 3.63. The molecule has 3 nitrogen and oxygen atoms in total. The molecule has 1 aliphatic rings. The fraction of sp³-hybridized carbons (Fsp3) is 0.818. The van der Waals surface area contributed by atoms with Gasteiger partial charge >= 0.3 is 0 Å². The fourth-order valence-electron chi connectivity index (χ4n) is 1.08. The second-order valence-corrected chi connectivity index (χ2v) is 10.4. The summed E-state index contributed by atoms with van der Waals surface area (Å²) in [5, 5.41) is 9.71. The smallest absolute Gasteiger partial charge is 0.192 e. The van der Waals surface area contributed by atoms with Crippen molar-refractivity contribution in [3.05, 3.63) is 12.3 Å². The number of ether oxygens (including phenoxy) is 1. The first-order valence-electron chi connectivity index (χ1n) is 5.38. The number of rotatable bonds is 3. The van der Waals surface area contributed by atoms with E-state index >= 15 is 0 Å². The van der Waals surface area contributed by atoms with Gasteiger partial charge in [0.2, 0.25) is 0 Å². The summed E-state index contributed by atoms with van der Waals surface area (Å²) in [6.45, 7) is 11.5.